The van der Waals surface area contributed by atoms with Crippen LogP contribution in [0.3, 0.4) is 0 Å². The normalized spacial score (nSPS) is 20.6. The van der Waals surface area contributed by atoms with E-state index in [4.69, 9.17) is 18.6 Å². The zero-order valence-electron chi connectivity index (χ0n) is 12.9. The molecule has 0 aliphatic heterocycles. The van der Waals surface area contributed by atoms with Gasteiger partial charge in [0.05, 0.1) is 0 Å². The van der Waals surface area contributed by atoms with Crippen LogP contribution in [0, 0.1) is 5.92 Å². The molecule has 2 aliphatic rings. The zero-order chi connectivity index (χ0) is 15.6. The Morgan fingerprint density at radius 3 is 2.00 bits per heavy atom. The number of halogens is 2. The predicted molar refractivity (Wildman–Crippen MR) is 90.2 cm³/mol. The molecule has 0 radical (unpaired) electrons. The maximum absolute atomic E-state index is 4.89. The molecule has 1 atom stereocenters. The molecule has 0 bridgehead atoms. The van der Waals surface area contributed by atoms with Gasteiger partial charge in [-0.05, 0) is 50.0 Å². The van der Waals surface area contributed by atoms with Crippen LogP contribution in [0.5, 0.6) is 0 Å². The molecule has 0 nitrogen and oxygen atoms in total. The second-order valence-corrected chi connectivity index (χ2v) is 8.26. The molecule has 0 fully saturated rings. The SMILES string of the molecule is CC1=C(C)C(C2C=Cc3ccccc32)C(C)=C1C.[Cl][Ti][Cl]. The van der Waals surface area contributed by atoms with Crippen LogP contribution in [0.25, 0.3) is 6.08 Å². The molecular weight excluding hydrogens is 335 g/mol. The molecular formula is C18H20Cl2Ti. The van der Waals surface area contributed by atoms with E-state index in [1.165, 1.54) is 22.3 Å². The molecule has 0 aromatic heterocycles. The first-order chi connectivity index (χ1) is 10.0. The van der Waals surface area contributed by atoms with Crippen LogP contribution in [0.15, 0.2) is 52.6 Å². The zero-order valence-corrected chi connectivity index (χ0v) is 15.9. The molecule has 0 saturated heterocycles. The van der Waals surface area contributed by atoms with Gasteiger partial charge in [0, 0.05) is 11.8 Å². The summed E-state index contributed by atoms with van der Waals surface area (Å²) in [6.45, 7) is 9.13. The molecule has 1 unspecified atom stereocenters. The van der Waals surface area contributed by atoms with E-state index >= 15 is 0 Å². The first-order valence-electron chi connectivity index (χ1n) is 7.11. The molecule has 0 spiro atoms. The fourth-order valence-electron chi connectivity index (χ4n) is 3.49. The third kappa shape index (κ3) is 3.24. The third-order valence-corrected chi connectivity index (χ3v) is 4.88. The van der Waals surface area contributed by atoms with Crippen molar-refractivity contribution in [1.82, 2.24) is 0 Å². The van der Waals surface area contributed by atoms with Gasteiger partial charge in [0.15, 0.2) is 0 Å². The van der Waals surface area contributed by atoms with Gasteiger partial charge >= 0.3 is 35.6 Å². The fourth-order valence-corrected chi connectivity index (χ4v) is 3.49. The topological polar surface area (TPSA) is 0 Å². The molecule has 1 aromatic rings. The van der Waals surface area contributed by atoms with Gasteiger partial charge in [-0.15, -0.1) is 0 Å². The molecule has 1 aromatic carbocycles. The van der Waals surface area contributed by atoms with Crippen molar-refractivity contribution in [1.29, 1.82) is 0 Å². The van der Waals surface area contributed by atoms with E-state index in [0.29, 0.717) is 11.8 Å². The summed E-state index contributed by atoms with van der Waals surface area (Å²) in [5.74, 6) is 1.11. The first kappa shape index (κ1) is 17.1. The average Bonchev–Trinajstić information content (AvgIpc) is 2.97. The van der Waals surface area contributed by atoms with Crippen molar-refractivity contribution >= 4 is 24.7 Å². The summed E-state index contributed by atoms with van der Waals surface area (Å²) in [5.41, 5.74) is 8.98. The van der Waals surface area contributed by atoms with Crippen LogP contribution in [-0.2, 0) is 17.0 Å². The minimum absolute atomic E-state index is 0.536. The van der Waals surface area contributed by atoms with Crippen LogP contribution >= 0.6 is 18.6 Å². The Morgan fingerprint density at radius 2 is 1.43 bits per heavy atom. The van der Waals surface area contributed by atoms with E-state index in [-0.39, 0.29) is 0 Å². The number of benzene rings is 1. The van der Waals surface area contributed by atoms with E-state index in [2.05, 4.69) is 64.1 Å². The number of hydrogen-bond donors (Lipinski definition) is 0. The van der Waals surface area contributed by atoms with Crippen molar-refractivity contribution in [3.8, 4) is 0 Å². The Labute approximate surface area is 144 Å². The van der Waals surface area contributed by atoms with Gasteiger partial charge < -0.3 is 0 Å². The van der Waals surface area contributed by atoms with E-state index in [0.717, 1.165) is 0 Å². The van der Waals surface area contributed by atoms with Crippen molar-refractivity contribution in [2.75, 3.05) is 0 Å². The Morgan fingerprint density at radius 1 is 0.905 bits per heavy atom. The van der Waals surface area contributed by atoms with Crippen LogP contribution in [0.2, 0.25) is 0 Å². The van der Waals surface area contributed by atoms with Crippen molar-refractivity contribution in [3.63, 3.8) is 0 Å². The standard InChI is InChI=1S/C18H20.2ClH.Ti/c1-11-12(2)14(4)18(13(11)3)17-10-9-15-7-5-6-8-16(15)17;;;/h5-10,17-18H,1-4H3;2*1H;/q;;;+2/p-2. The summed E-state index contributed by atoms with van der Waals surface area (Å²) in [6, 6.07) is 8.79. The molecule has 0 saturated carbocycles. The number of fused-ring (bicyclic) bond motifs is 1. The maximum atomic E-state index is 4.89. The number of allylic oxidation sites excluding steroid dienone is 5. The Hall–Kier alpha value is -0.266. The van der Waals surface area contributed by atoms with Crippen LogP contribution in [-0.4, -0.2) is 0 Å². The van der Waals surface area contributed by atoms with Crippen molar-refractivity contribution in [2.24, 2.45) is 5.92 Å². The molecule has 0 N–H and O–H groups in total. The first-order valence-corrected chi connectivity index (χ1v) is 11.4. The molecule has 0 amide bonds. The molecule has 0 heterocycles. The van der Waals surface area contributed by atoms with Crippen LogP contribution < -0.4 is 0 Å². The molecule has 21 heavy (non-hydrogen) atoms. The Balaban J connectivity index is 0.000000497. The second-order valence-electron chi connectivity index (χ2n) is 5.68. The van der Waals surface area contributed by atoms with Crippen LogP contribution in [0.4, 0.5) is 0 Å². The summed E-state index contributed by atoms with van der Waals surface area (Å²) in [4.78, 5) is 0. The molecule has 2 aliphatic carbocycles. The predicted octanol–water partition coefficient (Wildman–Crippen LogP) is 6.48. The van der Waals surface area contributed by atoms with E-state index in [9.17, 15) is 0 Å². The summed E-state index contributed by atoms with van der Waals surface area (Å²) in [6.07, 6.45) is 4.66. The fraction of sp³-hybridized carbons (Fsp3) is 0.333. The second kappa shape index (κ2) is 7.33. The van der Waals surface area contributed by atoms with Gasteiger partial charge in [-0.1, -0.05) is 47.6 Å². The summed E-state index contributed by atoms with van der Waals surface area (Å²) in [7, 11) is 9.78. The van der Waals surface area contributed by atoms with Gasteiger partial charge in [0.25, 0.3) is 0 Å². The van der Waals surface area contributed by atoms with E-state index < -0.39 is 17.0 Å². The van der Waals surface area contributed by atoms with Crippen molar-refractivity contribution in [3.05, 3.63) is 63.8 Å². The molecule has 110 valence electrons. The van der Waals surface area contributed by atoms with Gasteiger partial charge in [-0.25, -0.2) is 0 Å². The monoisotopic (exact) mass is 354 g/mol. The number of hydrogen-bond acceptors (Lipinski definition) is 0. The molecule has 3 rings (SSSR count). The average molecular weight is 355 g/mol. The van der Waals surface area contributed by atoms with Gasteiger partial charge in [-0.3, -0.25) is 0 Å². The van der Waals surface area contributed by atoms with Crippen molar-refractivity contribution in [2.45, 2.75) is 33.6 Å². The quantitative estimate of drug-likeness (QED) is 0.506. The molecule has 3 heteroatoms. The summed E-state index contributed by atoms with van der Waals surface area (Å²) < 4.78 is 0. The van der Waals surface area contributed by atoms with E-state index in [1.54, 1.807) is 11.1 Å². The van der Waals surface area contributed by atoms with Gasteiger partial charge in [0.2, 0.25) is 0 Å². The van der Waals surface area contributed by atoms with Crippen LogP contribution in [0.1, 0.15) is 44.7 Å². The van der Waals surface area contributed by atoms with E-state index in [1.807, 2.05) is 0 Å². The van der Waals surface area contributed by atoms with Crippen molar-refractivity contribution < 1.29 is 17.0 Å². The number of rotatable bonds is 1. The van der Waals surface area contributed by atoms with Gasteiger partial charge in [-0.2, -0.15) is 0 Å². The Kier molecular flexibility index (Phi) is 5.97. The summed E-state index contributed by atoms with van der Waals surface area (Å²) >= 11 is -0.556. The third-order valence-electron chi connectivity index (χ3n) is 4.88. The minimum atomic E-state index is -0.556. The van der Waals surface area contributed by atoms with Gasteiger partial charge in [0.1, 0.15) is 0 Å². The Bertz CT molecular complexity index is 602. The summed E-state index contributed by atoms with van der Waals surface area (Å²) in [5, 5.41) is 0.